The van der Waals surface area contributed by atoms with E-state index in [4.69, 9.17) is 0 Å². The summed E-state index contributed by atoms with van der Waals surface area (Å²) in [5, 5.41) is 8.25. The molecule has 1 aromatic carbocycles. The molecule has 0 spiro atoms. The zero-order chi connectivity index (χ0) is 18.2. The van der Waals surface area contributed by atoms with Gasteiger partial charge in [0.15, 0.2) is 5.96 Å². The Morgan fingerprint density at radius 3 is 2.74 bits per heavy atom. The van der Waals surface area contributed by atoms with Gasteiger partial charge < -0.3 is 15.5 Å². The predicted octanol–water partition coefficient (Wildman–Crippen LogP) is 3.43. The fourth-order valence-corrected chi connectivity index (χ4v) is 3.69. The largest absolute Gasteiger partial charge is 0.356 e. The van der Waals surface area contributed by atoms with Crippen molar-refractivity contribution in [3.05, 3.63) is 42.1 Å². The Bertz CT molecular complexity index is 720. The number of hydrogen-bond donors (Lipinski definition) is 2. The van der Waals surface area contributed by atoms with E-state index in [0.717, 1.165) is 24.4 Å². The van der Waals surface area contributed by atoms with Gasteiger partial charge >= 0.3 is 0 Å². The normalized spacial score (nSPS) is 16.1. The van der Waals surface area contributed by atoms with Gasteiger partial charge in [0.1, 0.15) is 0 Å². The maximum absolute atomic E-state index is 4.54. The predicted molar refractivity (Wildman–Crippen MR) is 125 cm³/mol. The minimum absolute atomic E-state index is 0. The minimum Gasteiger partial charge on any atom is -0.356 e. The van der Waals surface area contributed by atoms with E-state index in [1.807, 2.05) is 19.3 Å². The minimum atomic E-state index is 0. The molecule has 2 heterocycles. The number of pyridine rings is 1. The molecular formula is C21H32IN5. The number of halogens is 1. The molecular weight excluding hydrogens is 449 g/mol. The summed E-state index contributed by atoms with van der Waals surface area (Å²) in [5.74, 6) is 0.909. The zero-order valence-electron chi connectivity index (χ0n) is 16.4. The van der Waals surface area contributed by atoms with Crippen molar-refractivity contribution in [2.45, 2.75) is 38.6 Å². The van der Waals surface area contributed by atoms with Gasteiger partial charge in [-0.1, -0.05) is 31.2 Å². The number of aromatic nitrogens is 1. The van der Waals surface area contributed by atoms with Crippen molar-refractivity contribution in [3.63, 3.8) is 0 Å². The Labute approximate surface area is 180 Å². The molecule has 0 amide bonds. The van der Waals surface area contributed by atoms with Crippen LogP contribution in [-0.2, 0) is 6.42 Å². The van der Waals surface area contributed by atoms with Gasteiger partial charge in [0.25, 0.3) is 0 Å². The third kappa shape index (κ3) is 6.31. The molecule has 0 unspecified atom stereocenters. The molecule has 0 atom stereocenters. The lowest BCUT2D eigenvalue weighted by molar-refractivity contribution is 0.206. The van der Waals surface area contributed by atoms with Gasteiger partial charge in [-0.25, -0.2) is 0 Å². The number of piperidine rings is 1. The monoisotopic (exact) mass is 481 g/mol. The average Bonchev–Trinajstić information content (AvgIpc) is 2.69. The van der Waals surface area contributed by atoms with Crippen LogP contribution in [0.1, 0.15) is 31.7 Å². The van der Waals surface area contributed by atoms with Crippen LogP contribution in [0, 0.1) is 0 Å². The number of benzene rings is 1. The van der Waals surface area contributed by atoms with Crippen LogP contribution >= 0.6 is 24.0 Å². The Hall–Kier alpha value is -1.41. The first kappa shape index (κ1) is 21.9. The van der Waals surface area contributed by atoms with Crippen molar-refractivity contribution in [1.29, 1.82) is 0 Å². The zero-order valence-corrected chi connectivity index (χ0v) is 18.8. The summed E-state index contributed by atoms with van der Waals surface area (Å²) in [4.78, 5) is 11.5. The summed E-state index contributed by atoms with van der Waals surface area (Å²) in [6.07, 6.45) is 6.42. The molecule has 1 saturated heterocycles. The second-order valence-electron chi connectivity index (χ2n) is 7.00. The third-order valence-corrected chi connectivity index (χ3v) is 5.09. The Morgan fingerprint density at radius 1 is 1.22 bits per heavy atom. The number of hydrogen-bond acceptors (Lipinski definition) is 3. The molecule has 0 radical (unpaired) electrons. The molecule has 2 aromatic rings. The van der Waals surface area contributed by atoms with Crippen LogP contribution in [-0.4, -0.2) is 55.1 Å². The molecule has 3 rings (SSSR count). The summed E-state index contributed by atoms with van der Waals surface area (Å²) in [6.45, 7) is 6.69. The molecule has 148 valence electrons. The van der Waals surface area contributed by atoms with Crippen molar-refractivity contribution < 1.29 is 0 Å². The molecule has 0 saturated carbocycles. The van der Waals surface area contributed by atoms with Crippen molar-refractivity contribution in [1.82, 2.24) is 20.5 Å². The first-order valence-electron chi connectivity index (χ1n) is 9.82. The number of fused-ring (bicyclic) bond motifs is 1. The van der Waals surface area contributed by atoms with Crippen molar-refractivity contribution in [2.75, 3.05) is 33.2 Å². The van der Waals surface area contributed by atoms with Crippen molar-refractivity contribution in [2.24, 2.45) is 4.99 Å². The van der Waals surface area contributed by atoms with Crippen LogP contribution in [0.25, 0.3) is 10.9 Å². The fourth-order valence-electron chi connectivity index (χ4n) is 3.69. The molecule has 0 aliphatic carbocycles. The first-order valence-corrected chi connectivity index (χ1v) is 9.82. The van der Waals surface area contributed by atoms with Gasteiger partial charge in [-0.3, -0.25) is 9.98 Å². The van der Waals surface area contributed by atoms with Gasteiger partial charge in [0, 0.05) is 44.3 Å². The molecule has 0 bridgehead atoms. The number of aliphatic imine (C=N–C) groups is 1. The van der Waals surface area contributed by atoms with Gasteiger partial charge in [0.2, 0.25) is 0 Å². The molecule has 2 N–H and O–H groups in total. The molecule has 6 heteroatoms. The summed E-state index contributed by atoms with van der Waals surface area (Å²) in [5.41, 5.74) is 2.38. The van der Waals surface area contributed by atoms with Gasteiger partial charge in [-0.05, 0) is 43.9 Å². The van der Waals surface area contributed by atoms with E-state index in [9.17, 15) is 0 Å². The highest BCUT2D eigenvalue weighted by Gasteiger charge is 2.19. The topological polar surface area (TPSA) is 52.5 Å². The number of guanidine groups is 1. The van der Waals surface area contributed by atoms with Gasteiger partial charge in [0.05, 0.1) is 5.52 Å². The maximum Gasteiger partial charge on any atom is 0.191 e. The fraction of sp³-hybridized carbons (Fsp3) is 0.524. The van der Waals surface area contributed by atoms with Crippen molar-refractivity contribution in [3.8, 4) is 0 Å². The van der Waals surface area contributed by atoms with Crippen LogP contribution in [0.5, 0.6) is 0 Å². The van der Waals surface area contributed by atoms with E-state index < -0.39 is 0 Å². The molecule has 5 nitrogen and oxygen atoms in total. The second-order valence-corrected chi connectivity index (χ2v) is 7.00. The summed E-state index contributed by atoms with van der Waals surface area (Å²) < 4.78 is 0. The van der Waals surface area contributed by atoms with Crippen LogP contribution in [0.2, 0.25) is 0 Å². The van der Waals surface area contributed by atoms with Crippen LogP contribution < -0.4 is 10.6 Å². The van der Waals surface area contributed by atoms with E-state index >= 15 is 0 Å². The Morgan fingerprint density at radius 2 is 2.00 bits per heavy atom. The lowest BCUT2D eigenvalue weighted by Gasteiger charge is -2.32. The van der Waals surface area contributed by atoms with Crippen LogP contribution in [0.15, 0.2) is 41.5 Å². The molecule has 1 fully saturated rings. The smallest absolute Gasteiger partial charge is 0.191 e. The first-order chi connectivity index (χ1) is 12.8. The van der Waals surface area contributed by atoms with E-state index in [1.54, 1.807) is 0 Å². The molecule has 1 aliphatic rings. The van der Waals surface area contributed by atoms with E-state index in [1.165, 1.54) is 49.8 Å². The van der Waals surface area contributed by atoms with Crippen molar-refractivity contribution >= 4 is 40.8 Å². The SMILES string of the molecule is CCCN1CCC(NC(=NC)NCCc2cccc3cccnc23)CC1.I. The van der Waals surface area contributed by atoms with E-state index in [0.29, 0.717) is 6.04 Å². The highest BCUT2D eigenvalue weighted by molar-refractivity contribution is 14.0. The number of para-hydroxylation sites is 1. The summed E-state index contributed by atoms with van der Waals surface area (Å²) in [7, 11) is 1.85. The Balaban J connectivity index is 0.00000261. The van der Waals surface area contributed by atoms with E-state index in [2.05, 4.69) is 56.7 Å². The highest BCUT2D eigenvalue weighted by atomic mass is 127. The summed E-state index contributed by atoms with van der Waals surface area (Å²) in [6, 6.07) is 11.0. The van der Waals surface area contributed by atoms with Gasteiger partial charge in [-0.15, -0.1) is 24.0 Å². The third-order valence-electron chi connectivity index (χ3n) is 5.09. The standard InChI is InChI=1S/C21H31N5.HI/c1-3-14-26-15-10-19(11-16-26)25-21(22-2)24-13-9-18-7-4-6-17-8-5-12-23-20(17)18;/h4-8,12,19H,3,9-11,13-16H2,1-2H3,(H2,22,24,25);1H. The molecule has 1 aliphatic heterocycles. The van der Waals surface area contributed by atoms with Crippen LogP contribution in [0.4, 0.5) is 0 Å². The highest BCUT2D eigenvalue weighted by Crippen LogP contribution is 2.16. The second kappa shape index (κ2) is 11.4. The lowest BCUT2D eigenvalue weighted by Crippen LogP contribution is -2.49. The number of rotatable bonds is 6. The average molecular weight is 481 g/mol. The number of likely N-dealkylation sites (tertiary alicyclic amines) is 1. The number of nitrogens with zero attached hydrogens (tertiary/aromatic N) is 3. The summed E-state index contributed by atoms with van der Waals surface area (Å²) >= 11 is 0. The van der Waals surface area contributed by atoms with Crippen LogP contribution in [0.3, 0.4) is 0 Å². The quantitative estimate of drug-likeness (QED) is 0.377. The van der Waals surface area contributed by atoms with E-state index in [-0.39, 0.29) is 24.0 Å². The Kier molecular flexibility index (Phi) is 9.27. The number of nitrogens with one attached hydrogen (secondary N) is 2. The van der Waals surface area contributed by atoms with Gasteiger partial charge in [-0.2, -0.15) is 0 Å². The maximum atomic E-state index is 4.54. The molecule has 27 heavy (non-hydrogen) atoms. The lowest BCUT2D eigenvalue weighted by atomic mass is 10.1. The molecule has 1 aromatic heterocycles.